The van der Waals surface area contributed by atoms with Crippen LogP contribution in [0.5, 0.6) is 0 Å². The lowest BCUT2D eigenvalue weighted by Gasteiger charge is -2.31. The second-order valence-corrected chi connectivity index (χ2v) is 11.0. The Morgan fingerprint density at radius 1 is 0.925 bits per heavy atom. The fourth-order valence-electron chi connectivity index (χ4n) is 5.02. The van der Waals surface area contributed by atoms with Crippen LogP contribution in [-0.2, 0) is 16.0 Å². The van der Waals surface area contributed by atoms with Gasteiger partial charge in [-0.2, -0.15) is 10.1 Å². The molecule has 1 amide bonds. The van der Waals surface area contributed by atoms with Gasteiger partial charge in [-0.25, -0.2) is 4.79 Å². The lowest BCUT2D eigenvalue weighted by molar-refractivity contribution is -0.129. The Labute approximate surface area is 236 Å². The van der Waals surface area contributed by atoms with Crippen molar-refractivity contribution in [3.63, 3.8) is 0 Å². The van der Waals surface area contributed by atoms with Crippen LogP contribution in [0.25, 0.3) is 18.2 Å². The maximum Gasteiger partial charge on any atom is 0.357 e. The zero-order chi connectivity index (χ0) is 27.6. The minimum atomic E-state index is -1.23. The van der Waals surface area contributed by atoms with Crippen LogP contribution in [0.15, 0.2) is 95.6 Å². The van der Waals surface area contributed by atoms with Crippen LogP contribution in [0.1, 0.15) is 32.9 Å². The number of para-hydroxylation sites is 1. The summed E-state index contributed by atoms with van der Waals surface area (Å²) in [7, 11) is 0. The lowest BCUT2D eigenvalue weighted by Crippen LogP contribution is -2.24. The van der Waals surface area contributed by atoms with E-state index in [1.54, 1.807) is 30.3 Å². The predicted octanol–water partition coefficient (Wildman–Crippen LogP) is 7.18. The van der Waals surface area contributed by atoms with Crippen molar-refractivity contribution in [3.05, 3.63) is 117 Å². The third-order valence-electron chi connectivity index (χ3n) is 7.02. The third kappa shape index (κ3) is 5.11. The normalized spacial score (nSPS) is 16.1. The van der Waals surface area contributed by atoms with Gasteiger partial charge in [0.1, 0.15) is 0 Å². The van der Waals surface area contributed by atoms with Gasteiger partial charge < -0.3 is 10.0 Å². The van der Waals surface area contributed by atoms with Crippen molar-refractivity contribution < 1.29 is 14.7 Å². The van der Waals surface area contributed by atoms with Gasteiger partial charge in [-0.1, -0.05) is 48.0 Å². The van der Waals surface area contributed by atoms with Gasteiger partial charge in [0.2, 0.25) is 0 Å². The molecule has 0 atom stereocenters. The summed E-state index contributed by atoms with van der Waals surface area (Å²) in [5.41, 5.74) is 6.55. The molecule has 4 aromatic rings. The molecule has 0 bridgehead atoms. The monoisotopic (exact) mass is 545 g/mol. The first-order chi connectivity index (χ1) is 19.5. The van der Waals surface area contributed by atoms with E-state index >= 15 is 0 Å². The van der Waals surface area contributed by atoms with Crippen LogP contribution < -0.4 is 9.91 Å². The zero-order valence-corrected chi connectivity index (χ0v) is 22.8. The number of carbonyl (C=O) groups is 2. The molecule has 0 aliphatic carbocycles. The van der Waals surface area contributed by atoms with E-state index in [0.717, 1.165) is 39.7 Å². The van der Waals surface area contributed by atoms with E-state index in [0.29, 0.717) is 5.69 Å². The predicted molar refractivity (Wildman–Crippen MR) is 163 cm³/mol. The van der Waals surface area contributed by atoms with Gasteiger partial charge in [-0.3, -0.25) is 4.79 Å². The Kier molecular flexibility index (Phi) is 6.88. The molecule has 0 unspecified atom stereocenters. The smallest absolute Gasteiger partial charge is 0.357 e. The summed E-state index contributed by atoms with van der Waals surface area (Å²) in [6.45, 7) is 3.12. The molecule has 0 saturated carbocycles. The van der Waals surface area contributed by atoms with Crippen molar-refractivity contribution in [1.82, 2.24) is 0 Å². The van der Waals surface area contributed by atoms with E-state index in [2.05, 4.69) is 65.5 Å². The second kappa shape index (κ2) is 10.8. The van der Waals surface area contributed by atoms with Crippen molar-refractivity contribution in [2.45, 2.75) is 19.8 Å². The summed E-state index contributed by atoms with van der Waals surface area (Å²) in [4.78, 5) is 29.1. The van der Waals surface area contributed by atoms with Crippen molar-refractivity contribution in [3.8, 4) is 0 Å². The quantitative estimate of drug-likeness (QED) is 0.261. The molecular formula is C33H27N3O3S. The molecule has 0 spiro atoms. The van der Waals surface area contributed by atoms with Crippen molar-refractivity contribution in [2.75, 3.05) is 16.5 Å². The Hall–Kier alpha value is -4.75. The number of hydrazone groups is 1. The molecule has 0 saturated heterocycles. The molecule has 40 heavy (non-hydrogen) atoms. The standard InChI is InChI=1S/C33H27N3O3S/c1-22-9-13-25(14-10-22)35-19-5-6-24-20-23(12-18-30(24)35)11-15-27-16-17-28(40-27)21-29-31(33(38)39)34-36(32(29)37)26-7-3-2-4-8-26/h2-4,7-18,20-21H,5-6,19H2,1H3,(H,38,39). The van der Waals surface area contributed by atoms with Crippen LogP contribution in [0.2, 0.25) is 0 Å². The van der Waals surface area contributed by atoms with E-state index in [1.165, 1.54) is 33.8 Å². The Morgan fingerprint density at radius 2 is 1.70 bits per heavy atom. The maximum atomic E-state index is 13.1. The van der Waals surface area contributed by atoms with Gasteiger partial charge in [-0.05, 0) is 91.6 Å². The highest BCUT2D eigenvalue weighted by Crippen LogP contribution is 2.35. The van der Waals surface area contributed by atoms with Crippen LogP contribution in [-0.4, -0.2) is 29.2 Å². The first-order valence-corrected chi connectivity index (χ1v) is 14.0. The summed E-state index contributed by atoms with van der Waals surface area (Å²) in [5.74, 6) is -1.69. The number of fused-ring (bicyclic) bond motifs is 1. The minimum Gasteiger partial charge on any atom is -0.476 e. The van der Waals surface area contributed by atoms with E-state index in [4.69, 9.17) is 0 Å². The number of hydrogen-bond acceptors (Lipinski definition) is 5. The number of rotatable bonds is 6. The number of aryl methyl sites for hydroxylation is 2. The number of thiophene rings is 1. The Balaban J connectivity index is 1.21. The molecule has 3 aromatic carbocycles. The van der Waals surface area contributed by atoms with Crippen molar-refractivity contribution in [1.29, 1.82) is 0 Å². The molecule has 2 aliphatic heterocycles. The van der Waals surface area contributed by atoms with Gasteiger partial charge in [0, 0.05) is 27.7 Å². The number of carboxylic acids is 1. The summed E-state index contributed by atoms with van der Waals surface area (Å²) < 4.78 is 0. The highest BCUT2D eigenvalue weighted by molar-refractivity contribution is 7.13. The van der Waals surface area contributed by atoms with Gasteiger partial charge in [0.25, 0.3) is 5.91 Å². The van der Waals surface area contributed by atoms with Gasteiger partial charge >= 0.3 is 5.97 Å². The molecule has 6 rings (SSSR count). The fraction of sp³-hybridized carbons (Fsp3) is 0.121. The number of carboxylic acid groups (broad SMARTS) is 1. The number of anilines is 3. The molecule has 198 valence electrons. The molecule has 2 aliphatic rings. The fourth-order valence-corrected chi connectivity index (χ4v) is 5.87. The number of carbonyl (C=O) groups excluding carboxylic acids is 1. The van der Waals surface area contributed by atoms with Crippen LogP contribution in [0.3, 0.4) is 0 Å². The molecule has 1 aromatic heterocycles. The average molecular weight is 546 g/mol. The van der Waals surface area contributed by atoms with Crippen LogP contribution in [0.4, 0.5) is 17.1 Å². The van der Waals surface area contributed by atoms with Crippen molar-refractivity contribution in [2.24, 2.45) is 5.10 Å². The topological polar surface area (TPSA) is 73.2 Å². The Morgan fingerprint density at radius 3 is 2.48 bits per heavy atom. The highest BCUT2D eigenvalue weighted by Gasteiger charge is 2.35. The largest absolute Gasteiger partial charge is 0.476 e. The first-order valence-electron chi connectivity index (χ1n) is 13.1. The first kappa shape index (κ1) is 25.5. The summed E-state index contributed by atoms with van der Waals surface area (Å²) >= 11 is 1.49. The lowest BCUT2D eigenvalue weighted by atomic mass is 9.98. The van der Waals surface area contributed by atoms with E-state index in [-0.39, 0.29) is 11.3 Å². The summed E-state index contributed by atoms with van der Waals surface area (Å²) in [6, 6.07) is 28.0. The number of nitrogens with zero attached hydrogens (tertiary/aromatic N) is 3. The van der Waals surface area contributed by atoms with Crippen LogP contribution >= 0.6 is 11.3 Å². The molecule has 3 heterocycles. The minimum absolute atomic E-state index is 0.0709. The van der Waals surface area contributed by atoms with Crippen molar-refractivity contribution >= 4 is 64.2 Å². The maximum absolute atomic E-state index is 13.1. The number of hydrogen-bond donors (Lipinski definition) is 1. The molecule has 1 N–H and O–H groups in total. The Bertz CT molecular complexity index is 1680. The summed E-state index contributed by atoms with van der Waals surface area (Å²) in [6.07, 6.45) is 7.92. The molecular weight excluding hydrogens is 518 g/mol. The van der Waals surface area contributed by atoms with Gasteiger partial charge in [0.05, 0.1) is 11.3 Å². The highest BCUT2D eigenvalue weighted by atomic mass is 32.1. The van der Waals surface area contributed by atoms with Crippen LogP contribution in [0, 0.1) is 6.92 Å². The molecule has 0 radical (unpaired) electrons. The number of amides is 1. The number of benzene rings is 3. The molecule has 0 fully saturated rings. The average Bonchev–Trinajstić information content (AvgIpc) is 3.56. The third-order valence-corrected chi connectivity index (χ3v) is 8.02. The SMILES string of the molecule is Cc1ccc(N2CCCc3cc(C=Cc4ccc(C=C5C(=O)N(c6ccccc6)N=C5C(=O)O)s4)ccc32)cc1. The van der Waals surface area contributed by atoms with E-state index in [1.807, 2.05) is 24.3 Å². The number of aliphatic carboxylic acids is 1. The van der Waals surface area contributed by atoms with Gasteiger partial charge in [-0.15, -0.1) is 11.3 Å². The zero-order valence-electron chi connectivity index (χ0n) is 21.9. The van der Waals surface area contributed by atoms with E-state index in [9.17, 15) is 14.7 Å². The van der Waals surface area contributed by atoms with E-state index < -0.39 is 11.9 Å². The van der Waals surface area contributed by atoms with Gasteiger partial charge in [0.15, 0.2) is 5.71 Å². The molecule has 7 heteroatoms. The molecule has 6 nitrogen and oxygen atoms in total. The second-order valence-electron chi connectivity index (χ2n) is 9.82. The summed E-state index contributed by atoms with van der Waals surface area (Å²) in [5, 5.41) is 14.9.